The molecule has 0 bridgehead atoms. The number of methoxy groups -OCH3 is 3. The van der Waals surface area contributed by atoms with Gasteiger partial charge in [0.15, 0.2) is 11.5 Å². The molecule has 2 aliphatic heterocycles. The van der Waals surface area contributed by atoms with Crippen LogP contribution in [0.25, 0.3) is 11.1 Å². The lowest BCUT2D eigenvalue weighted by molar-refractivity contribution is 0.280. The van der Waals surface area contributed by atoms with Gasteiger partial charge in [-0.25, -0.2) is 0 Å². The number of benzene rings is 2. The molecule has 2 aromatic rings. The van der Waals surface area contributed by atoms with Gasteiger partial charge in [0.1, 0.15) is 5.75 Å². The normalized spacial score (nSPS) is 19.7. The molecule has 1 fully saturated rings. The molecule has 0 spiro atoms. The molecule has 4 heteroatoms. The number of fused-ring (bicyclic) bond motifs is 1. The number of ether oxygens (including phenoxy) is 3. The Morgan fingerprint density at radius 3 is 2.44 bits per heavy atom. The molecule has 2 aromatic carbocycles. The molecule has 27 heavy (non-hydrogen) atoms. The first kappa shape index (κ1) is 17.9. The van der Waals surface area contributed by atoms with Gasteiger partial charge in [-0.15, -0.1) is 0 Å². The van der Waals surface area contributed by atoms with Crippen LogP contribution < -0.4 is 14.2 Å². The lowest BCUT2D eigenvalue weighted by Gasteiger charge is -2.34. The summed E-state index contributed by atoms with van der Waals surface area (Å²) >= 11 is 0. The van der Waals surface area contributed by atoms with Crippen LogP contribution in [-0.4, -0.2) is 45.4 Å². The van der Waals surface area contributed by atoms with Crippen LogP contribution in [0.1, 0.15) is 30.4 Å². The third kappa shape index (κ3) is 3.42. The maximum atomic E-state index is 5.55. The second-order valence-electron chi connectivity index (χ2n) is 7.23. The summed E-state index contributed by atoms with van der Waals surface area (Å²) in [6, 6.07) is 15.3. The minimum absolute atomic E-state index is 0.641. The number of nitrogens with zero attached hydrogens (tertiary/aromatic N) is 1. The fraction of sp³-hybridized carbons (Fsp3) is 0.391. The summed E-state index contributed by atoms with van der Waals surface area (Å²) in [5.74, 6) is 2.44. The van der Waals surface area contributed by atoms with Crippen molar-refractivity contribution in [1.29, 1.82) is 0 Å². The molecular weight excluding hydrogens is 338 g/mol. The highest BCUT2D eigenvalue weighted by atomic mass is 16.5. The predicted octanol–water partition coefficient (Wildman–Crippen LogP) is 4.49. The van der Waals surface area contributed by atoms with Crippen LogP contribution >= 0.6 is 0 Å². The monoisotopic (exact) mass is 365 g/mol. The SMILES string of the molecule is COc1cccc(C2=C(c3ccc(OC)c(OC)c3)CC3CCCN3C2)c1. The summed E-state index contributed by atoms with van der Waals surface area (Å²) in [6.45, 7) is 2.18. The van der Waals surface area contributed by atoms with Gasteiger partial charge in [-0.3, -0.25) is 4.90 Å². The van der Waals surface area contributed by atoms with Gasteiger partial charge in [0, 0.05) is 12.6 Å². The standard InChI is InChI=1S/C23H27NO3/c1-25-19-8-4-6-16(12-19)21-15-24-11-5-7-18(24)14-20(21)17-9-10-22(26-2)23(13-17)27-3/h4,6,8-10,12-13,18H,5,7,11,14-15H2,1-3H3. The zero-order chi connectivity index (χ0) is 18.8. The molecule has 0 N–H and O–H groups in total. The van der Waals surface area contributed by atoms with E-state index in [1.165, 1.54) is 41.7 Å². The summed E-state index contributed by atoms with van der Waals surface area (Å²) < 4.78 is 16.4. The summed E-state index contributed by atoms with van der Waals surface area (Å²) in [7, 11) is 5.09. The van der Waals surface area contributed by atoms with E-state index < -0.39 is 0 Å². The Morgan fingerprint density at radius 2 is 1.67 bits per heavy atom. The molecule has 4 rings (SSSR count). The summed E-state index contributed by atoms with van der Waals surface area (Å²) in [5.41, 5.74) is 5.26. The first-order chi connectivity index (χ1) is 13.2. The fourth-order valence-corrected chi connectivity index (χ4v) is 4.38. The van der Waals surface area contributed by atoms with E-state index >= 15 is 0 Å². The zero-order valence-corrected chi connectivity index (χ0v) is 16.3. The van der Waals surface area contributed by atoms with Crippen LogP contribution in [0.2, 0.25) is 0 Å². The van der Waals surface area contributed by atoms with Gasteiger partial charge in [-0.1, -0.05) is 18.2 Å². The molecule has 1 atom stereocenters. The third-order valence-electron chi connectivity index (χ3n) is 5.81. The van der Waals surface area contributed by atoms with Crippen LogP contribution in [0.5, 0.6) is 17.2 Å². The first-order valence-electron chi connectivity index (χ1n) is 9.56. The maximum Gasteiger partial charge on any atom is 0.161 e. The lowest BCUT2D eigenvalue weighted by atomic mass is 9.86. The molecule has 2 heterocycles. The van der Waals surface area contributed by atoms with Crippen LogP contribution in [-0.2, 0) is 0 Å². The number of hydrogen-bond acceptors (Lipinski definition) is 4. The van der Waals surface area contributed by atoms with Gasteiger partial charge >= 0.3 is 0 Å². The van der Waals surface area contributed by atoms with E-state index in [1.54, 1.807) is 21.3 Å². The number of hydrogen-bond donors (Lipinski definition) is 0. The average Bonchev–Trinajstić information content (AvgIpc) is 3.20. The number of rotatable bonds is 5. The lowest BCUT2D eigenvalue weighted by Crippen LogP contribution is -2.35. The molecular formula is C23H27NO3. The molecule has 0 saturated carbocycles. The van der Waals surface area contributed by atoms with Crippen molar-refractivity contribution in [3.63, 3.8) is 0 Å². The Balaban J connectivity index is 1.83. The highest BCUT2D eigenvalue weighted by Crippen LogP contribution is 2.42. The zero-order valence-electron chi connectivity index (χ0n) is 16.3. The van der Waals surface area contributed by atoms with Gasteiger partial charge in [0.25, 0.3) is 0 Å². The van der Waals surface area contributed by atoms with Crippen molar-refractivity contribution in [3.8, 4) is 17.2 Å². The van der Waals surface area contributed by atoms with Crippen molar-refractivity contribution in [1.82, 2.24) is 4.90 Å². The maximum absolute atomic E-state index is 5.55. The van der Waals surface area contributed by atoms with Crippen LogP contribution in [0.3, 0.4) is 0 Å². The summed E-state index contributed by atoms with van der Waals surface area (Å²) in [4.78, 5) is 2.62. The van der Waals surface area contributed by atoms with E-state index in [0.29, 0.717) is 6.04 Å². The molecule has 1 saturated heterocycles. The Bertz CT molecular complexity index is 858. The third-order valence-corrected chi connectivity index (χ3v) is 5.81. The molecule has 0 aliphatic carbocycles. The van der Waals surface area contributed by atoms with Gasteiger partial charge in [0.05, 0.1) is 21.3 Å². The van der Waals surface area contributed by atoms with E-state index in [-0.39, 0.29) is 0 Å². The second kappa shape index (κ2) is 7.65. The Kier molecular flexibility index (Phi) is 5.08. The molecule has 0 radical (unpaired) electrons. The van der Waals surface area contributed by atoms with Gasteiger partial charge in [0.2, 0.25) is 0 Å². The van der Waals surface area contributed by atoms with Crippen molar-refractivity contribution < 1.29 is 14.2 Å². The smallest absolute Gasteiger partial charge is 0.161 e. The van der Waals surface area contributed by atoms with E-state index in [2.05, 4.69) is 35.2 Å². The van der Waals surface area contributed by atoms with Crippen molar-refractivity contribution in [3.05, 3.63) is 53.6 Å². The second-order valence-corrected chi connectivity index (χ2v) is 7.23. The van der Waals surface area contributed by atoms with Crippen LogP contribution in [0, 0.1) is 0 Å². The topological polar surface area (TPSA) is 30.9 Å². The summed E-state index contributed by atoms with van der Waals surface area (Å²) in [6.07, 6.45) is 3.64. The largest absolute Gasteiger partial charge is 0.497 e. The highest BCUT2D eigenvalue weighted by molar-refractivity contribution is 5.93. The Labute approximate surface area is 161 Å². The van der Waals surface area contributed by atoms with E-state index in [1.807, 2.05) is 12.1 Å². The first-order valence-corrected chi connectivity index (χ1v) is 9.56. The van der Waals surface area contributed by atoms with Crippen molar-refractivity contribution in [2.24, 2.45) is 0 Å². The fourth-order valence-electron chi connectivity index (χ4n) is 4.38. The Morgan fingerprint density at radius 1 is 0.852 bits per heavy atom. The quantitative estimate of drug-likeness (QED) is 0.781. The Hall–Kier alpha value is -2.46. The molecule has 1 unspecified atom stereocenters. The van der Waals surface area contributed by atoms with Crippen LogP contribution in [0.4, 0.5) is 0 Å². The summed E-state index contributed by atoms with van der Waals surface area (Å²) in [5, 5.41) is 0. The minimum Gasteiger partial charge on any atom is -0.497 e. The van der Waals surface area contributed by atoms with E-state index in [0.717, 1.165) is 30.2 Å². The molecule has 2 aliphatic rings. The molecule has 4 nitrogen and oxygen atoms in total. The molecule has 0 amide bonds. The van der Waals surface area contributed by atoms with Gasteiger partial charge in [-0.05, 0) is 72.3 Å². The van der Waals surface area contributed by atoms with Gasteiger partial charge in [-0.2, -0.15) is 0 Å². The van der Waals surface area contributed by atoms with Crippen molar-refractivity contribution in [2.75, 3.05) is 34.4 Å². The van der Waals surface area contributed by atoms with E-state index in [9.17, 15) is 0 Å². The molecule has 0 aromatic heterocycles. The van der Waals surface area contributed by atoms with Crippen molar-refractivity contribution >= 4 is 11.1 Å². The van der Waals surface area contributed by atoms with Crippen molar-refractivity contribution in [2.45, 2.75) is 25.3 Å². The highest BCUT2D eigenvalue weighted by Gasteiger charge is 2.32. The van der Waals surface area contributed by atoms with E-state index in [4.69, 9.17) is 14.2 Å². The minimum atomic E-state index is 0.641. The van der Waals surface area contributed by atoms with Gasteiger partial charge < -0.3 is 14.2 Å². The van der Waals surface area contributed by atoms with Crippen LogP contribution in [0.15, 0.2) is 42.5 Å². The average molecular weight is 365 g/mol. The molecule has 142 valence electrons. The predicted molar refractivity (Wildman–Crippen MR) is 109 cm³/mol.